The second kappa shape index (κ2) is 8.15. The SMILES string of the molecule is c1cnc2c(c1)ccc1ccc(-c3cnc(-c4ccc5c6ccccc6c6ccccc6c5c4)nc3)nc12. The van der Waals surface area contributed by atoms with Crippen LogP contribution in [0, 0.1) is 0 Å². The molecule has 0 saturated heterocycles. The lowest BCUT2D eigenvalue weighted by Gasteiger charge is -2.11. The van der Waals surface area contributed by atoms with Crippen molar-refractivity contribution in [2.75, 3.05) is 0 Å². The van der Waals surface area contributed by atoms with E-state index >= 15 is 0 Å². The Morgan fingerprint density at radius 2 is 1.03 bits per heavy atom. The van der Waals surface area contributed by atoms with Crippen LogP contribution in [-0.2, 0) is 0 Å². The molecule has 0 aliphatic heterocycles. The fourth-order valence-electron chi connectivity index (χ4n) is 5.54. The van der Waals surface area contributed by atoms with E-state index in [1.165, 1.54) is 32.3 Å². The van der Waals surface area contributed by atoms with Gasteiger partial charge in [0.2, 0.25) is 0 Å². The lowest BCUT2D eigenvalue weighted by atomic mass is 9.93. The molecule has 0 radical (unpaired) electrons. The minimum Gasteiger partial charge on any atom is -0.254 e. The summed E-state index contributed by atoms with van der Waals surface area (Å²) in [5.74, 6) is 0.695. The predicted octanol–water partition coefficient (Wildman–Crippen LogP) is 8.37. The number of aromatic nitrogens is 4. The number of pyridine rings is 2. The number of rotatable bonds is 2. The van der Waals surface area contributed by atoms with Crippen molar-refractivity contribution in [2.24, 2.45) is 0 Å². The first-order valence-electron chi connectivity index (χ1n) is 12.6. The molecule has 8 rings (SSSR count). The molecule has 3 aromatic heterocycles. The van der Waals surface area contributed by atoms with Gasteiger partial charge in [-0.1, -0.05) is 84.9 Å². The van der Waals surface area contributed by atoms with Crippen molar-refractivity contribution < 1.29 is 0 Å². The van der Waals surface area contributed by atoms with Crippen LogP contribution in [-0.4, -0.2) is 19.9 Å². The van der Waals surface area contributed by atoms with Gasteiger partial charge in [0.25, 0.3) is 0 Å². The van der Waals surface area contributed by atoms with Gasteiger partial charge < -0.3 is 0 Å². The molecule has 38 heavy (non-hydrogen) atoms. The highest BCUT2D eigenvalue weighted by atomic mass is 14.9. The van der Waals surface area contributed by atoms with Gasteiger partial charge in [-0.15, -0.1) is 0 Å². The van der Waals surface area contributed by atoms with Gasteiger partial charge >= 0.3 is 0 Å². The monoisotopic (exact) mass is 484 g/mol. The molecule has 0 unspecified atom stereocenters. The highest BCUT2D eigenvalue weighted by Gasteiger charge is 2.12. The lowest BCUT2D eigenvalue weighted by Crippen LogP contribution is -1.93. The van der Waals surface area contributed by atoms with Crippen molar-refractivity contribution >= 4 is 54.1 Å². The molecule has 176 valence electrons. The van der Waals surface area contributed by atoms with Gasteiger partial charge in [0.15, 0.2) is 5.82 Å². The number of fused-ring (bicyclic) bond motifs is 9. The van der Waals surface area contributed by atoms with Crippen molar-refractivity contribution in [1.29, 1.82) is 0 Å². The maximum Gasteiger partial charge on any atom is 0.159 e. The molecule has 4 nitrogen and oxygen atoms in total. The van der Waals surface area contributed by atoms with E-state index in [2.05, 4.69) is 96.0 Å². The summed E-state index contributed by atoms with van der Waals surface area (Å²) in [5.41, 5.74) is 4.49. The number of hydrogen-bond donors (Lipinski definition) is 0. The van der Waals surface area contributed by atoms with Crippen molar-refractivity contribution in [3.63, 3.8) is 0 Å². The zero-order valence-corrected chi connectivity index (χ0v) is 20.3. The van der Waals surface area contributed by atoms with Gasteiger partial charge in [-0.2, -0.15) is 0 Å². The number of nitrogens with zero attached hydrogens (tertiary/aromatic N) is 4. The summed E-state index contributed by atoms with van der Waals surface area (Å²) >= 11 is 0. The van der Waals surface area contributed by atoms with Crippen LogP contribution in [0.1, 0.15) is 0 Å². The van der Waals surface area contributed by atoms with Crippen molar-refractivity contribution in [1.82, 2.24) is 19.9 Å². The summed E-state index contributed by atoms with van der Waals surface area (Å²) in [6.45, 7) is 0. The predicted molar refractivity (Wildman–Crippen MR) is 156 cm³/mol. The zero-order chi connectivity index (χ0) is 25.1. The zero-order valence-electron chi connectivity index (χ0n) is 20.3. The molecule has 0 aliphatic carbocycles. The normalized spacial score (nSPS) is 11.7. The van der Waals surface area contributed by atoms with Crippen LogP contribution in [0.4, 0.5) is 0 Å². The Balaban J connectivity index is 1.24. The molecule has 0 amide bonds. The molecule has 0 bridgehead atoms. The van der Waals surface area contributed by atoms with E-state index in [1.807, 2.05) is 30.7 Å². The summed E-state index contributed by atoms with van der Waals surface area (Å²) in [7, 11) is 0. The molecule has 5 aromatic carbocycles. The van der Waals surface area contributed by atoms with E-state index in [9.17, 15) is 0 Å². The van der Waals surface area contributed by atoms with E-state index in [-0.39, 0.29) is 0 Å². The minimum atomic E-state index is 0.695. The van der Waals surface area contributed by atoms with Crippen LogP contribution < -0.4 is 0 Å². The molecular formula is C34H20N4. The average Bonchev–Trinajstić information content (AvgIpc) is 3.01. The van der Waals surface area contributed by atoms with Gasteiger partial charge in [0.05, 0.1) is 16.7 Å². The Bertz CT molecular complexity index is 2150. The maximum atomic E-state index is 4.94. The minimum absolute atomic E-state index is 0.695. The third kappa shape index (κ3) is 3.17. The van der Waals surface area contributed by atoms with E-state index in [0.717, 1.165) is 38.6 Å². The van der Waals surface area contributed by atoms with Gasteiger partial charge in [0.1, 0.15) is 0 Å². The number of hydrogen-bond acceptors (Lipinski definition) is 4. The first-order chi connectivity index (χ1) is 18.8. The smallest absolute Gasteiger partial charge is 0.159 e. The Kier molecular flexibility index (Phi) is 4.49. The van der Waals surface area contributed by atoms with Crippen LogP contribution in [0.3, 0.4) is 0 Å². The molecule has 0 atom stereocenters. The first-order valence-corrected chi connectivity index (χ1v) is 12.6. The Morgan fingerprint density at radius 1 is 0.421 bits per heavy atom. The standard InChI is InChI=1S/C34H20N4/c1-2-9-27-25(7-1)26-8-3-4-10-28(26)30-18-23(13-15-29(27)30)34-36-19-24(20-37-34)31-16-14-22-12-11-21-6-5-17-35-32(21)33(22)38-31/h1-20H. The molecular weight excluding hydrogens is 464 g/mol. The highest BCUT2D eigenvalue weighted by Crippen LogP contribution is 2.36. The Labute approximate surface area is 218 Å². The fraction of sp³-hybridized carbons (Fsp3) is 0. The van der Waals surface area contributed by atoms with Crippen molar-refractivity contribution in [2.45, 2.75) is 0 Å². The van der Waals surface area contributed by atoms with E-state index in [4.69, 9.17) is 15.0 Å². The van der Waals surface area contributed by atoms with Gasteiger partial charge in [-0.3, -0.25) is 4.98 Å². The quantitative estimate of drug-likeness (QED) is 0.231. The maximum absolute atomic E-state index is 4.94. The molecule has 0 aliphatic rings. The van der Waals surface area contributed by atoms with Crippen molar-refractivity contribution in [3.8, 4) is 22.6 Å². The largest absolute Gasteiger partial charge is 0.254 e. The third-order valence-electron chi connectivity index (χ3n) is 7.38. The number of benzene rings is 5. The average molecular weight is 485 g/mol. The Morgan fingerprint density at radius 3 is 1.74 bits per heavy atom. The molecule has 0 fully saturated rings. The summed E-state index contributed by atoms with van der Waals surface area (Å²) in [5, 5.41) is 9.61. The summed E-state index contributed by atoms with van der Waals surface area (Å²) in [6, 6.07) is 36.0. The van der Waals surface area contributed by atoms with Crippen LogP contribution in [0.5, 0.6) is 0 Å². The van der Waals surface area contributed by atoms with Crippen LogP contribution >= 0.6 is 0 Å². The summed E-state index contributed by atoms with van der Waals surface area (Å²) in [6.07, 6.45) is 5.53. The molecule has 8 aromatic rings. The second-order valence-electron chi connectivity index (χ2n) is 9.56. The molecule has 0 N–H and O–H groups in total. The fourth-order valence-corrected chi connectivity index (χ4v) is 5.54. The first kappa shape index (κ1) is 20.9. The Hall–Kier alpha value is -5.22. The van der Waals surface area contributed by atoms with Crippen molar-refractivity contribution in [3.05, 3.63) is 122 Å². The van der Waals surface area contributed by atoms with E-state index in [0.29, 0.717) is 5.82 Å². The highest BCUT2D eigenvalue weighted by molar-refractivity contribution is 6.25. The molecule has 0 spiro atoms. The van der Waals surface area contributed by atoms with Crippen LogP contribution in [0.25, 0.3) is 76.8 Å². The summed E-state index contributed by atoms with van der Waals surface area (Å²) in [4.78, 5) is 19.0. The second-order valence-corrected chi connectivity index (χ2v) is 9.56. The topological polar surface area (TPSA) is 51.6 Å². The summed E-state index contributed by atoms with van der Waals surface area (Å²) < 4.78 is 0. The third-order valence-corrected chi connectivity index (χ3v) is 7.38. The molecule has 4 heteroatoms. The van der Waals surface area contributed by atoms with E-state index in [1.54, 1.807) is 0 Å². The molecule has 0 saturated carbocycles. The lowest BCUT2D eigenvalue weighted by molar-refractivity contribution is 1.17. The van der Waals surface area contributed by atoms with E-state index < -0.39 is 0 Å². The van der Waals surface area contributed by atoms with Crippen LogP contribution in [0.15, 0.2) is 122 Å². The van der Waals surface area contributed by atoms with Gasteiger partial charge in [-0.05, 0) is 50.5 Å². The van der Waals surface area contributed by atoms with Crippen LogP contribution in [0.2, 0.25) is 0 Å². The molecule has 3 heterocycles. The van der Waals surface area contributed by atoms with Gasteiger partial charge in [-0.25, -0.2) is 15.0 Å². The van der Waals surface area contributed by atoms with Gasteiger partial charge in [0, 0.05) is 40.5 Å².